The molecule has 0 bridgehead atoms. The van der Waals surface area contributed by atoms with Crippen LogP contribution in [0.5, 0.6) is 0 Å². The molecular formula is C17H15ClN2O4. The Morgan fingerprint density at radius 2 is 2.00 bits per heavy atom. The first-order chi connectivity index (χ1) is 11.5. The monoisotopic (exact) mass is 346 g/mol. The van der Waals surface area contributed by atoms with Crippen molar-refractivity contribution in [3.63, 3.8) is 0 Å². The Bertz CT molecular complexity index is 768. The summed E-state index contributed by atoms with van der Waals surface area (Å²) < 4.78 is 5.42. The number of benzene rings is 1. The van der Waals surface area contributed by atoms with E-state index in [1.54, 1.807) is 24.3 Å². The Morgan fingerprint density at radius 3 is 2.62 bits per heavy atom. The topological polar surface area (TPSA) is 83.1 Å². The zero-order chi connectivity index (χ0) is 17.1. The van der Waals surface area contributed by atoms with E-state index >= 15 is 0 Å². The van der Waals surface area contributed by atoms with Crippen LogP contribution in [-0.2, 0) is 9.59 Å². The molecule has 0 spiro atoms. The third kappa shape index (κ3) is 3.49. The van der Waals surface area contributed by atoms with Gasteiger partial charge >= 0.3 is 5.97 Å². The first-order valence-electron chi connectivity index (χ1n) is 7.45. The number of carbonyl (C=O) groups excluding carboxylic acids is 1. The molecule has 1 aromatic carbocycles. The number of aliphatic carboxylic acids is 1. The van der Waals surface area contributed by atoms with Crippen molar-refractivity contribution in [3.05, 3.63) is 59.0 Å². The smallest absolute Gasteiger partial charge is 0.303 e. The molecule has 1 aliphatic rings. The van der Waals surface area contributed by atoms with E-state index < -0.39 is 5.97 Å². The fourth-order valence-electron chi connectivity index (χ4n) is 2.59. The van der Waals surface area contributed by atoms with Crippen molar-refractivity contribution in [2.24, 2.45) is 5.10 Å². The van der Waals surface area contributed by atoms with E-state index in [0.29, 0.717) is 17.2 Å². The fraction of sp³-hybridized carbons (Fsp3) is 0.235. The van der Waals surface area contributed by atoms with Crippen LogP contribution in [0.3, 0.4) is 0 Å². The molecule has 3 rings (SSSR count). The minimum Gasteiger partial charge on any atom is -0.481 e. The van der Waals surface area contributed by atoms with Crippen LogP contribution in [0.4, 0.5) is 0 Å². The molecule has 2 heterocycles. The minimum atomic E-state index is -1.01. The van der Waals surface area contributed by atoms with E-state index in [-0.39, 0.29) is 24.8 Å². The number of amides is 1. The van der Waals surface area contributed by atoms with Crippen molar-refractivity contribution in [1.82, 2.24) is 5.01 Å². The number of hydrogen-bond donors (Lipinski definition) is 1. The van der Waals surface area contributed by atoms with Crippen molar-refractivity contribution in [2.75, 3.05) is 0 Å². The number of rotatable bonds is 5. The standard InChI is InChI=1S/C17H15ClN2O4/c18-12-5-3-11(4-6-12)13-10-14(15-2-1-9-24-15)20(19-13)16(21)7-8-17(22)23/h1-6,9,14H,7-8,10H2,(H,22,23)/t14-/m0/s1. The van der Waals surface area contributed by atoms with E-state index in [0.717, 1.165) is 11.3 Å². The molecule has 7 heteroatoms. The van der Waals surface area contributed by atoms with Gasteiger partial charge in [0.05, 0.1) is 18.4 Å². The summed E-state index contributed by atoms with van der Waals surface area (Å²) in [6, 6.07) is 10.4. The van der Waals surface area contributed by atoms with Gasteiger partial charge in [-0.2, -0.15) is 5.10 Å². The van der Waals surface area contributed by atoms with Gasteiger partial charge in [0.2, 0.25) is 5.91 Å². The third-order valence-electron chi connectivity index (χ3n) is 3.77. The highest BCUT2D eigenvalue weighted by Gasteiger charge is 2.34. The van der Waals surface area contributed by atoms with Gasteiger partial charge in [0.1, 0.15) is 11.8 Å². The Labute approximate surface area is 143 Å². The van der Waals surface area contributed by atoms with Crippen LogP contribution >= 0.6 is 11.6 Å². The second kappa shape index (κ2) is 6.88. The van der Waals surface area contributed by atoms with Gasteiger partial charge in [-0.1, -0.05) is 23.7 Å². The molecule has 1 atom stereocenters. The van der Waals surface area contributed by atoms with E-state index in [1.807, 2.05) is 12.1 Å². The van der Waals surface area contributed by atoms with Gasteiger partial charge in [-0.05, 0) is 29.8 Å². The number of nitrogens with zero attached hydrogens (tertiary/aromatic N) is 2. The van der Waals surface area contributed by atoms with Crippen molar-refractivity contribution >= 4 is 29.2 Å². The maximum absolute atomic E-state index is 12.4. The molecule has 2 aromatic rings. The zero-order valence-electron chi connectivity index (χ0n) is 12.7. The molecule has 1 amide bonds. The molecule has 124 valence electrons. The summed E-state index contributed by atoms with van der Waals surface area (Å²) in [5.41, 5.74) is 1.60. The molecule has 1 aromatic heterocycles. The predicted molar refractivity (Wildman–Crippen MR) is 87.8 cm³/mol. The molecule has 0 saturated heterocycles. The van der Waals surface area contributed by atoms with E-state index in [4.69, 9.17) is 21.1 Å². The van der Waals surface area contributed by atoms with Crippen LogP contribution in [0.2, 0.25) is 5.02 Å². The Morgan fingerprint density at radius 1 is 1.25 bits per heavy atom. The molecule has 6 nitrogen and oxygen atoms in total. The third-order valence-corrected chi connectivity index (χ3v) is 4.02. The van der Waals surface area contributed by atoms with Crippen molar-refractivity contribution in [1.29, 1.82) is 0 Å². The summed E-state index contributed by atoms with van der Waals surface area (Å²) in [6.07, 6.45) is 1.69. The molecule has 24 heavy (non-hydrogen) atoms. The van der Waals surface area contributed by atoms with Gasteiger partial charge in [-0.15, -0.1) is 0 Å². The summed E-state index contributed by atoms with van der Waals surface area (Å²) in [6.45, 7) is 0. The first kappa shape index (κ1) is 16.3. The van der Waals surface area contributed by atoms with Crippen molar-refractivity contribution in [2.45, 2.75) is 25.3 Å². The lowest BCUT2D eigenvalue weighted by atomic mass is 10.0. The van der Waals surface area contributed by atoms with Gasteiger partial charge in [0.15, 0.2) is 0 Å². The normalized spacial score (nSPS) is 17.0. The van der Waals surface area contributed by atoms with Gasteiger partial charge in [-0.25, -0.2) is 5.01 Å². The highest BCUT2D eigenvalue weighted by molar-refractivity contribution is 6.30. The molecule has 1 N–H and O–H groups in total. The predicted octanol–water partition coefficient (Wildman–Crippen LogP) is 3.48. The second-order valence-electron chi connectivity index (χ2n) is 5.42. The summed E-state index contributed by atoms with van der Waals surface area (Å²) in [5, 5.41) is 15.1. The summed E-state index contributed by atoms with van der Waals surface area (Å²) in [4.78, 5) is 23.1. The number of carbonyl (C=O) groups is 2. The first-order valence-corrected chi connectivity index (χ1v) is 7.83. The molecular weight excluding hydrogens is 332 g/mol. The lowest BCUT2D eigenvalue weighted by molar-refractivity contribution is -0.141. The van der Waals surface area contributed by atoms with Crippen LogP contribution in [0.25, 0.3) is 0 Å². The van der Waals surface area contributed by atoms with E-state index in [1.165, 1.54) is 11.3 Å². The number of furan rings is 1. The van der Waals surface area contributed by atoms with Gasteiger partial charge in [0.25, 0.3) is 0 Å². The van der Waals surface area contributed by atoms with E-state index in [9.17, 15) is 9.59 Å². The van der Waals surface area contributed by atoms with Crippen LogP contribution < -0.4 is 0 Å². The molecule has 1 aliphatic heterocycles. The molecule has 0 radical (unpaired) electrons. The highest BCUT2D eigenvalue weighted by Crippen LogP contribution is 2.33. The Balaban J connectivity index is 1.86. The average molecular weight is 347 g/mol. The maximum atomic E-state index is 12.4. The lowest BCUT2D eigenvalue weighted by Gasteiger charge is -2.19. The number of hydrogen-bond acceptors (Lipinski definition) is 4. The summed E-state index contributed by atoms with van der Waals surface area (Å²) >= 11 is 5.90. The van der Waals surface area contributed by atoms with Crippen LogP contribution in [0.15, 0.2) is 52.2 Å². The van der Waals surface area contributed by atoms with Crippen LogP contribution in [0.1, 0.15) is 36.6 Å². The van der Waals surface area contributed by atoms with E-state index in [2.05, 4.69) is 5.10 Å². The lowest BCUT2D eigenvalue weighted by Crippen LogP contribution is -2.27. The largest absolute Gasteiger partial charge is 0.481 e. The highest BCUT2D eigenvalue weighted by atomic mass is 35.5. The van der Waals surface area contributed by atoms with Gasteiger partial charge in [0, 0.05) is 17.9 Å². The van der Waals surface area contributed by atoms with Crippen molar-refractivity contribution < 1.29 is 19.1 Å². The van der Waals surface area contributed by atoms with Crippen LogP contribution in [0, 0.1) is 0 Å². The minimum absolute atomic E-state index is 0.107. The molecule has 0 unspecified atom stereocenters. The summed E-state index contributed by atoms with van der Waals surface area (Å²) in [5.74, 6) is -0.742. The van der Waals surface area contributed by atoms with Crippen LogP contribution in [-0.4, -0.2) is 27.7 Å². The van der Waals surface area contributed by atoms with Crippen molar-refractivity contribution in [3.8, 4) is 0 Å². The quantitative estimate of drug-likeness (QED) is 0.898. The maximum Gasteiger partial charge on any atom is 0.303 e. The SMILES string of the molecule is O=C(O)CCC(=O)N1N=C(c2ccc(Cl)cc2)C[C@H]1c1ccco1. The Kier molecular flexibility index (Phi) is 4.66. The number of carboxylic acid groups (broad SMARTS) is 1. The zero-order valence-corrected chi connectivity index (χ0v) is 13.4. The second-order valence-corrected chi connectivity index (χ2v) is 5.86. The average Bonchev–Trinajstić information content (AvgIpc) is 3.22. The number of carboxylic acids is 1. The Hall–Kier alpha value is -2.60. The molecule has 0 saturated carbocycles. The number of halogens is 1. The number of hydrazone groups is 1. The van der Waals surface area contributed by atoms with Gasteiger partial charge < -0.3 is 9.52 Å². The molecule has 0 fully saturated rings. The van der Waals surface area contributed by atoms with Gasteiger partial charge in [-0.3, -0.25) is 9.59 Å². The fourth-order valence-corrected chi connectivity index (χ4v) is 2.71. The molecule has 0 aliphatic carbocycles. The summed E-state index contributed by atoms with van der Waals surface area (Å²) in [7, 11) is 0.